The number of pyridine rings is 2. The third-order valence-electron chi connectivity index (χ3n) is 4.16. The second-order valence-electron chi connectivity index (χ2n) is 6.02. The van der Waals surface area contributed by atoms with Crippen LogP contribution in [0.5, 0.6) is 0 Å². The molecule has 10 heteroatoms. The van der Waals surface area contributed by atoms with Crippen molar-refractivity contribution in [3.63, 3.8) is 0 Å². The maximum absolute atomic E-state index is 12.6. The second-order valence-corrected chi connectivity index (χ2v) is 6.46. The molecule has 150 valence electrons. The lowest BCUT2D eigenvalue weighted by molar-refractivity contribution is 0.102. The van der Waals surface area contributed by atoms with Crippen LogP contribution < -0.4 is 15.5 Å². The maximum Gasteiger partial charge on any atom is 0.278 e. The Labute approximate surface area is 172 Å². The fraction of sp³-hybridized carbons (Fsp3) is 0.211. The number of aromatic amines is 1. The zero-order chi connectivity index (χ0) is 20.8. The van der Waals surface area contributed by atoms with E-state index in [9.17, 15) is 9.59 Å². The van der Waals surface area contributed by atoms with Gasteiger partial charge in [0.15, 0.2) is 5.69 Å². The summed E-state index contributed by atoms with van der Waals surface area (Å²) >= 11 is 5.86. The highest BCUT2D eigenvalue weighted by Crippen LogP contribution is 2.18. The molecule has 0 saturated heterocycles. The standard InChI is InChI=1S/C19H20ClN7O2/c1-3-27(4-2)16-6-5-14(10-22-16)24-19(29)17-15(11-23-26-17)25-18(28)12-7-13(20)9-21-8-12/h5-11H,3-4H2,1-2H3,(H,23,26)(H,24,29)(H,25,28). The number of nitrogens with zero attached hydrogens (tertiary/aromatic N) is 4. The SMILES string of the molecule is CCN(CC)c1ccc(NC(=O)c2n[nH]cc2NC(=O)c2cncc(Cl)c2)cn1. The minimum atomic E-state index is -0.483. The molecule has 3 aromatic rings. The highest BCUT2D eigenvalue weighted by molar-refractivity contribution is 6.30. The van der Waals surface area contributed by atoms with Crippen LogP contribution in [0, 0.1) is 0 Å². The van der Waals surface area contributed by atoms with Crippen molar-refractivity contribution in [1.29, 1.82) is 0 Å². The van der Waals surface area contributed by atoms with E-state index in [0.717, 1.165) is 18.9 Å². The van der Waals surface area contributed by atoms with Crippen LogP contribution in [0.4, 0.5) is 17.2 Å². The van der Waals surface area contributed by atoms with E-state index in [1.54, 1.807) is 12.3 Å². The average Bonchev–Trinajstić information content (AvgIpc) is 3.18. The molecule has 0 aliphatic rings. The van der Waals surface area contributed by atoms with Crippen molar-refractivity contribution in [2.24, 2.45) is 0 Å². The number of carbonyl (C=O) groups is 2. The van der Waals surface area contributed by atoms with Crippen molar-refractivity contribution in [3.05, 3.63) is 59.3 Å². The van der Waals surface area contributed by atoms with Gasteiger partial charge in [-0.05, 0) is 32.0 Å². The van der Waals surface area contributed by atoms with Crippen LogP contribution >= 0.6 is 11.6 Å². The van der Waals surface area contributed by atoms with E-state index in [-0.39, 0.29) is 16.9 Å². The molecule has 3 N–H and O–H groups in total. The van der Waals surface area contributed by atoms with Gasteiger partial charge in [0.05, 0.1) is 28.2 Å². The molecule has 9 nitrogen and oxygen atoms in total. The van der Waals surface area contributed by atoms with Gasteiger partial charge in [-0.3, -0.25) is 19.7 Å². The minimum absolute atomic E-state index is 0.0427. The number of carbonyl (C=O) groups excluding carboxylic acids is 2. The summed E-state index contributed by atoms with van der Waals surface area (Å²) < 4.78 is 0. The highest BCUT2D eigenvalue weighted by atomic mass is 35.5. The maximum atomic E-state index is 12.6. The number of halogens is 1. The quantitative estimate of drug-likeness (QED) is 0.547. The first-order valence-electron chi connectivity index (χ1n) is 8.99. The monoisotopic (exact) mass is 413 g/mol. The highest BCUT2D eigenvalue weighted by Gasteiger charge is 2.18. The van der Waals surface area contributed by atoms with E-state index in [2.05, 4.69) is 35.7 Å². The second kappa shape index (κ2) is 9.16. The predicted molar refractivity (Wildman–Crippen MR) is 112 cm³/mol. The molecule has 0 fully saturated rings. The van der Waals surface area contributed by atoms with Crippen molar-refractivity contribution < 1.29 is 9.59 Å². The number of hydrogen-bond donors (Lipinski definition) is 3. The number of hydrogen-bond acceptors (Lipinski definition) is 6. The van der Waals surface area contributed by atoms with Crippen molar-refractivity contribution in [2.75, 3.05) is 28.6 Å². The third-order valence-corrected chi connectivity index (χ3v) is 4.37. The lowest BCUT2D eigenvalue weighted by Gasteiger charge is -2.19. The van der Waals surface area contributed by atoms with Crippen molar-refractivity contribution in [3.8, 4) is 0 Å². The van der Waals surface area contributed by atoms with Gasteiger partial charge in [0.2, 0.25) is 0 Å². The van der Waals surface area contributed by atoms with Crippen molar-refractivity contribution >= 4 is 40.6 Å². The van der Waals surface area contributed by atoms with Gasteiger partial charge in [-0.2, -0.15) is 5.10 Å². The third kappa shape index (κ3) is 4.88. The number of nitrogens with one attached hydrogen (secondary N) is 3. The molecule has 0 unspecified atom stereocenters. The topological polar surface area (TPSA) is 116 Å². The lowest BCUT2D eigenvalue weighted by atomic mass is 10.2. The fourth-order valence-electron chi connectivity index (χ4n) is 2.67. The molecule has 0 atom stereocenters. The predicted octanol–water partition coefficient (Wildman–Crippen LogP) is 3.20. The van der Waals surface area contributed by atoms with E-state index in [4.69, 9.17) is 11.6 Å². The van der Waals surface area contributed by atoms with Gasteiger partial charge in [-0.15, -0.1) is 0 Å². The first kappa shape index (κ1) is 20.3. The zero-order valence-corrected chi connectivity index (χ0v) is 16.7. The Morgan fingerprint density at radius 2 is 1.90 bits per heavy atom. The van der Waals surface area contributed by atoms with Gasteiger partial charge in [0.1, 0.15) is 5.82 Å². The molecule has 0 spiro atoms. The van der Waals surface area contributed by atoms with Crippen LogP contribution in [0.15, 0.2) is 43.0 Å². The molecule has 3 rings (SSSR count). The van der Waals surface area contributed by atoms with Crippen LogP contribution in [0.2, 0.25) is 5.02 Å². The Morgan fingerprint density at radius 1 is 1.10 bits per heavy atom. The largest absolute Gasteiger partial charge is 0.357 e. The Hall–Kier alpha value is -3.46. The normalized spacial score (nSPS) is 10.4. The molecular weight excluding hydrogens is 394 g/mol. The average molecular weight is 414 g/mol. The molecule has 29 heavy (non-hydrogen) atoms. The molecule has 3 aromatic heterocycles. The summed E-state index contributed by atoms with van der Waals surface area (Å²) in [7, 11) is 0. The molecule has 0 aliphatic heterocycles. The van der Waals surface area contributed by atoms with E-state index < -0.39 is 11.8 Å². The number of anilines is 3. The summed E-state index contributed by atoms with van der Waals surface area (Å²) in [6.07, 6.45) is 5.80. The molecule has 0 radical (unpaired) electrons. The molecule has 3 heterocycles. The summed E-state index contributed by atoms with van der Waals surface area (Å²) in [4.78, 5) is 35.3. The van der Waals surface area contributed by atoms with Gasteiger partial charge in [-0.25, -0.2) is 4.98 Å². The van der Waals surface area contributed by atoms with Crippen LogP contribution in [0.25, 0.3) is 0 Å². The van der Waals surface area contributed by atoms with Gasteiger partial charge in [0.25, 0.3) is 11.8 Å². The first-order valence-corrected chi connectivity index (χ1v) is 9.37. The molecule has 0 saturated carbocycles. The van der Waals surface area contributed by atoms with Crippen LogP contribution in [0.1, 0.15) is 34.7 Å². The van der Waals surface area contributed by atoms with E-state index >= 15 is 0 Å². The molecule has 0 bridgehead atoms. The Kier molecular flexibility index (Phi) is 6.40. The van der Waals surface area contributed by atoms with E-state index in [0.29, 0.717) is 10.7 Å². The summed E-state index contributed by atoms with van der Waals surface area (Å²) in [5.74, 6) is -0.111. The molecule has 0 aromatic carbocycles. The summed E-state index contributed by atoms with van der Waals surface area (Å²) in [6, 6.07) is 5.08. The lowest BCUT2D eigenvalue weighted by Crippen LogP contribution is -2.23. The minimum Gasteiger partial charge on any atom is -0.357 e. The zero-order valence-electron chi connectivity index (χ0n) is 15.9. The number of amides is 2. The summed E-state index contributed by atoms with van der Waals surface area (Å²) in [6.45, 7) is 5.78. The van der Waals surface area contributed by atoms with E-state index in [1.807, 2.05) is 19.9 Å². The summed E-state index contributed by atoms with van der Waals surface area (Å²) in [5, 5.41) is 12.2. The Morgan fingerprint density at radius 3 is 2.55 bits per heavy atom. The van der Waals surface area contributed by atoms with Crippen molar-refractivity contribution in [1.82, 2.24) is 20.2 Å². The van der Waals surface area contributed by atoms with Crippen LogP contribution in [0.3, 0.4) is 0 Å². The van der Waals surface area contributed by atoms with E-state index in [1.165, 1.54) is 24.7 Å². The van der Waals surface area contributed by atoms with Crippen LogP contribution in [-0.2, 0) is 0 Å². The molecular formula is C19H20ClN7O2. The van der Waals surface area contributed by atoms with Gasteiger partial charge in [0, 0.05) is 31.7 Å². The Bertz CT molecular complexity index is 1000. The summed E-state index contributed by atoms with van der Waals surface area (Å²) in [5.41, 5.74) is 1.06. The van der Waals surface area contributed by atoms with Gasteiger partial charge >= 0.3 is 0 Å². The molecule has 0 aliphatic carbocycles. The number of rotatable bonds is 7. The van der Waals surface area contributed by atoms with Gasteiger partial charge in [-0.1, -0.05) is 11.6 Å². The van der Waals surface area contributed by atoms with Crippen LogP contribution in [-0.4, -0.2) is 45.1 Å². The fourth-order valence-corrected chi connectivity index (χ4v) is 2.85. The Balaban J connectivity index is 1.70. The van der Waals surface area contributed by atoms with Crippen molar-refractivity contribution in [2.45, 2.75) is 13.8 Å². The van der Waals surface area contributed by atoms with Gasteiger partial charge < -0.3 is 15.5 Å². The smallest absolute Gasteiger partial charge is 0.278 e. The number of H-pyrrole nitrogens is 1. The first-order chi connectivity index (χ1) is 14.0. The molecule has 2 amide bonds. The number of aromatic nitrogens is 4.